The van der Waals surface area contributed by atoms with Crippen molar-refractivity contribution in [3.05, 3.63) is 42.2 Å². The third-order valence-corrected chi connectivity index (χ3v) is 5.96. The second kappa shape index (κ2) is 8.78. The predicted octanol–water partition coefficient (Wildman–Crippen LogP) is 2.84. The summed E-state index contributed by atoms with van der Waals surface area (Å²) in [6.45, 7) is 7.88. The van der Waals surface area contributed by atoms with E-state index in [1.165, 1.54) is 18.5 Å². The molecule has 7 heteroatoms. The molecule has 154 valence electrons. The van der Waals surface area contributed by atoms with E-state index in [1.807, 2.05) is 4.90 Å². The van der Waals surface area contributed by atoms with Crippen molar-refractivity contribution in [2.75, 3.05) is 56.5 Å². The minimum absolute atomic E-state index is 0.00449. The summed E-state index contributed by atoms with van der Waals surface area (Å²) in [4.78, 5) is 27.8. The van der Waals surface area contributed by atoms with Crippen LogP contribution in [-0.2, 0) is 0 Å². The summed E-state index contributed by atoms with van der Waals surface area (Å²) in [6, 6.07) is 8.40. The molecule has 2 aliphatic heterocycles. The highest BCUT2D eigenvalue weighted by Gasteiger charge is 2.21. The van der Waals surface area contributed by atoms with Crippen LogP contribution in [0.25, 0.3) is 0 Å². The maximum Gasteiger partial charge on any atom is 0.257 e. The van der Waals surface area contributed by atoms with E-state index >= 15 is 0 Å². The summed E-state index contributed by atoms with van der Waals surface area (Å²) in [7, 11) is 2.07. The van der Waals surface area contributed by atoms with Crippen LogP contribution in [0, 0.1) is 5.92 Å². The lowest BCUT2D eigenvalue weighted by Gasteiger charge is -2.32. The number of piperazine rings is 1. The van der Waals surface area contributed by atoms with Crippen LogP contribution >= 0.6 is 0 Å². The van der Waals surface area contributed by atoms with Crippen molar-refractivity contribution in [2.45, 2.75) is 19.8 Å². The lowest BCUT2D eigenvalue weighted by molar-refractivity contribution is 0.0663. The molecule has 29 heavy (non-hydrogen) atoms. The number of nitrogens with one attached hydrogen (secondary N) is 1. The fourth-order valence-electron chi connectivity index (χ4n) is 3.85. The van der Waals surface area contributed by atoms with E-state index < -0.39 is 0 Å². The van der Waals surface area contributed by atoms with Crippen LogP contribution in [-0.4, -0.2) is 72.0 Å². The topological polar surface area (TPSA) is 64.6 Å². The Balaban J connectivity index is 1.34. The number of hydrogen-bond donors (Lipinski definition) is 1. The summed E-state index contributed by atoms with van der Waals surface area (Å²) in [5, 5.41) is 3.22. The lowest BCUT2D eigenvalue weighted by Crippen LogP contribution is -2.47. The number of likely N-dealkylation sites (N-methyl/N-ethyl adjacent to an activating group) is 1. The Kier molecular flexibility index (Phi) is 5.94. The van der Waals surface area contributed by atoms with Crippen molar-refractivity contribution in [1.29, 1.82) is 0 Å². The molecule has 2 aliphatic rings. The van der Waals surface area contributed by atoms with Crippen molar-refractivity contribution in [3.63, 3.8) is 0 Å². The highest BCUT2D eigenvalue weighted by atomic mass is 16.2. The van der Waals surface area contributed by atoms with Gasteiger partial charge in [0.25, 0.3) is 5.91 Å². The van der Waals surface area contributed by atoms with Gasteiger partial charge in [0.15, 0.2) is 0 Å². The van der Waals surface area contributed by atoms with E-state index in [0.717, 1.165) is 50.9 Å². The molecule has 2 fully saturated rings. The number of carbonyl (C=O) groups excluding carboxylic acids is 1. The lowest BCUT2D eigenvalue weighted by atomic mass is 9.99. The minimum Gasteiger partial charge on any atom is -0.372 e. The zero-order chi connectivity index (χ0) is 20.2. The van der Waals surface area contributed by atoms with Crippen molar-refractivity contribution >= 4 is 23.2 Å². The Morgan fingerprint density at radius 1 is 0.966 bits per heavy atom. The summed E-state index contributed by atoms with van der Waals surface area (Å²) >= 11 is 0. The highest BCUT2D eigenvalue weighted by molar-refractivity contribution is 5.93. The quantitative estimate of drug-likeness (QED) is 0.860. The fraction of sp³-hybridized carbons (Fsp3) is 0.500. The van der Waals surface area contributed by atoms with Gasteiger partial charge in [-0.2, -0.15) is 0 Å². The second-order valence-corrected chi connectivity index (χ2v) is 8.23. The van der Waals surface area contributed by atoms with Crippen molar-refractivity contribution in [1.82, 2.24) is 19.8 Å². The van der Waals surface area contributed by atoms with Gasteiger partial charge in [0, 0.05) is 63.0 Å². The number of carbonyl (C=O) groups is 1. The van der Waals surface area contributed by atoms with Gasteiger partial charge in [-0.1, -0.05) is 6.92 Å². The number of amides is 1. The molecule has 0 unspecified atom stereocenters. The van der Waals surface area contributed by atoms with Gasteiger partial charge in [0.05, 0.1) is 5.56 Å². The molecule has 1 aromatic heterocycles. The van der Waals surface area contributed by atoms with Gasteiger partial charge in [-0.25, -0.2) is 9.97 Å². The molecule has 0 spiro atoms. The van der Waals surface area contributed by atoms with Crippen LogP contribution < -0.4 is 10.2 Å². The molecule has 3 heterocycles. The third-order valence-electron chi connectivity index (χ3n) is 5.96. The molecule has 0 aliphatic carbocycles. The van der Waals surface area contributed by atoms with Crippen LogP contribution in [0.4, 0.5) is 17.3 Å². The molecule has 0 radical (unpaired) electrons. The molecule has 2 aromatic rings. The maximum atomic E-state index is 12.6. The Hall–Kier alpha value is -2.67. The first kappa shape index (κ1) is 19.6. The number of piperidine rings is 1. The summed E-state index contributed by atoms with van der Waals surface area (Å²) < 4.78 is 0. The van der Waals surface area contributed by atoms with Gasteiger partial charge in [-0.3, -0.25) is 4.79 Å². The normalized spacial score (nSPS) is 18.7. The van der Waals surface area contributed by atoms with E-state index in [9.17, 15) is 4.79 Å². The Bertz CT molecular complexity index is 806. The predicted molar refractivity (Wildman–Crippen MR) is 116 cm³/mol. The number of benzene rings is 1. The van der Waals surface area contributed by atoms with Gasteiger partial charge in [-0.15, -0.1) is 0 Å². The SMILES string of the molecule is CC1CCN(c2ccc(Nc3ncc(C(=O)N4CCN(C)CC4)cn3)cc2)CC1. The molecule has 0 bridgehead atoms. The highest BCUT2D eigenvalue weighted by Crippen LogP contribution is 2.25. The van der Waals surface area contributed by atoms with Crippen LogP contribution in [0.5, 0.6) is 0 Å². The molecule has 1 amide bonds. The first-order chi connectivity index (χ1) is 14.1. The van der Waals surface area contributed by atoms with Crippen molar-refractivity contribution < 1.29 is 4.79 Å². The largest absolute Gasteiger partial charge is 0.372 e. The smallest absolute Gasteiger partial charge is 0.257 e. The molecule has 4 rings (SSSR count). The molecular formula is C22H30N6O. The van der Waals surface area contributed by atoms with Gasteiger partial charge < -0.3 is 20.0 Å². The van der Waals surface area contributed by atoms with E-state index in [-0.39, 0.29) is 5.91 Å². The molecular weight excluding hydrogens is 364 g/mol. The van der Waals surface area contributed by atoms with Crippen LogP contribution in [0.3, 0.4) is 0 Å². The number of hydrogen-bond acceptors (Lipinski definition) is 6. The van der Waals surface area contributed by atoms with Crippen LogP contribution in [0.2, 0.25) is 0 Å². The number of aromatic nitrogens is 2. The third kappa shape index (κ3) is 4.85. The molecule has 7 nitrogen and oxygen atoms in total. The summed E-state index contributed by atoms with van der Waals surface area (Å²) in [5.74, 6) is 1.33. The van der Waals surface area contributed by atoms with E-state index in [1.54, 1.807) is 12.4 Å². The Morgan fingerprint density at radius 2 is 1.59 bits per heavy atom. The van der Waals surface area contributed by atoms with Gasteiger partial charge in [0.1, 0.15) is 0 Å². The molecule has 0 atom stereocenters. The monoisotopic (exact) mass is 394 g/mol. The van der Waals surface area contributed by atoms with Gasteiger partial charge in [-0.05, 0) is 50.1 Å². The average molecular weight is 395 g/mol. The van der Waals surface area contributed by atoms with Crippen molar-refractivity contribution in [2.24, 2.45) is 5.92 Å². The number of nitrogens with zero attached hydrogens (tertiary/aromatic N) is 5. The molecule has 2 saturated heterocycles. The first-order valence-electron chi connectivity index (χ1n) is 10.5. The molecule has 1 N–H and O–H groups in total. The van der Waals surface area contributed by atoms with Crippen molar-refractivity contribution in [3.8, 4) is 0 Å². The van der Waals surface area contributed by atoms with Gasteiger partial charge in [0.2, 0.25) is 5.95 Å². The van der Waals surface area contributed by atoms with Crippen LogP contribution in [0.1, 0.15) is 30.1 Å². The zero-order valence-corrected chi connectivity index (χ0v) is 17.3. The Morgan fingerprint density at radius 3 is 2.21 bits per heavy atom. The average Bonchev–Trinajstić information content (AvgIpc) is 2.76. The second-order valence-electron chi connectivity index (χ2n) is 8.23. The van der Waals surface area contributed by atoms with E-state index in [0.29, 0.717) is 11.5 Å². The van der Waals surface area contributed by atoms with Crippen LogP contribution in [0.15, 0.2) is 36.7 Å². The van der Waals surface area contributed by atoms with E-state index in [2.05, 4.69) is 63.3 Å². The molecule has 1 aromatic carbocycles. The maximum absolute atomic E-state index is 12.6. The molecule has 0 saturated carbocycles. The number of anilines is 3. The Labute approximate surface area is 172 Å². The first-order valence-corrected chi connectivity index (χ1v) is 10.5. The van der Waals surface area contributed by atoms with Gasteiger partial charge >= 0.3 is 0 Å². The standard InChI is InChI=1S/C22H30N6O/c1-17-7-9-27(10-8-17)20-5-3-19(4-6-20)25-22-23-15-18(16-24-22)21(29)28-13-11-26(2)12-14-28/h3-6,15-17H,7-14H2,1-2H3,(H,23,24,25). The summed E-state index contributed by atoms with van der Waals surface area (Å²) in [5.41, 5.74) is 2.74. The number of rotatable bonds is 4. The summed E-state index contributed by atoms with van der Waals surface area (Å²) in [6.07, 6.45) is 5.73. The zero-order valence-electron chi connectivity index (χ0n) is 17.3. The fourth-order valence-corrected chi connectivity index (χ4v) is 3.85. The minimum atomic E-state index is 0.00449. The van der Waals surface area contributed by atoms with E-state index in [4.69, 9.17) is 0 Å².